The molecule has 2 N–H and O–H groups in total. The van der Waals surface area contributed by atoms with Crippen LogP contribution >= 0.6 is 11.8 Å². The minimum absolute atomic E-state index is 0.0379. The molecule has 0 fully saturated rings. The normalized spacial score (nSPS) is 11.2. The maximum absolute atomic E-state index is 12.1. The molecule has 0 aliphatic heterocycles. The van der Waals surface area contributed by atoms with Crippen LogP contribution in [0, 0.1) is 0 Å². The van der Waals surface area contributed by atoms with E-state index in [2.05, 4.69) is 44.4 Å². The largest absolute Gasteiger partial charge is 0.301 e. The van der Waals surface area contributed by atoms with Crippen molar-refractivity contribution in [3.8, 4) is 0 Å². The average Bonchev–Trinajstić information content (AvgIpc) is 3.10. The Morgan fingerprint density at radius 3 is 2.17 bits per heavy atom. The van der Waals surface area contributed by atoms with Gasteiger partial charge in [0.25, 0.3) is 5.56 Å². The Kier molecular flexibility index (Phi) is 3.88. The van der Waals surface area contributed by atoms with Gasteiger partial charge in [0, 0.05) is 0 Å². The summed E-state index contributed by atoms with van der Waals surface area (Å²) in [5.41, 5.74) is 2.62. The lowest BCUT2D eigenvalue weighted by Gasteiger charge is -2.16. The van der Waals surface area contributed by atoms with E-state index < -0.39 is 0 Å². The number of benzene rings is 2. The van der Waals surface area contributed by atoms with Crippen molar-refractivity contribution < 1.29 is 0 Å². The van der Waals surface area contributed by atoms with Crippen LogP contribution in [0.25, 0.3) is 11.0 Å². The van der Waals surface area contributed by atoms with Crippen LogP contribution in [-0.2, 0) is 0 Å². The van der Waals surface area contributed by atoms with Crippen molar-refractivity contribution in [2.45, 2.75) is 10.4 Å². The summed E-state index contributed by atoms with van der Waals surface area (Å²) in [5.74, 6) is 0. The molecule has 2 aromatic heterocycles. The number of nitrogens with one attached hydrogen (secondary N) is 2. The standard InChI is InChI=1S/C18H14N4OS/c23-17-14-11-19-22-16(14)20-18(21-17)24-15(12-7-3-1-4-8-12)13-9-5-2-6-10-13/h1-11,15H,(H2,19,20,21,22,23). The molecule has 0 aliphatic rings. The van der Waals surface area contributed by atoms with Gasteiger partial charge in [-0.3, -0.25) is 9.89 Å². The first-order chi connectivity index (χ1) is 11.8. The smallest absolute Gasteiger partial charge is 0.262 e. The summed E-state index contributed by atoms with van der Waals surface area (Å²) >= 11 is 1.51. The molecule has 6 heteroatoms. The number of thioether (sulfide) groups is 1. The molecule has 0 spiro atoms. The first-order valence-electron chi connectivity index (χ1n) is 7.51. The monoisotopic (exact) mass is 334 g/mol. The fourth-order valence-electron chi connectivity index (χ4n) is 2.58. The second-order valence-electron chi connectivity index (χ2n) is 5.32. The third kappa shape index (κ3) is 2.83. The third-order valence-electron chi connectivity index (χ3n) is 3.73. The van der Waals surface area contributed by atoms with Gasteiger partial charge in [-0.15, -0.1) is 0 Å². The average molecular weight is 334 g/mol. The van der Waals surface area contributed by atoms with Crippen molar-refractivity contribution in [2.24, 2.45) is 0 Å². The van der Waals surface area contributed by atoms with Gasteiger partial charge in [-0.25, -0.2) is 4.98 Å². The molecule has 2 aromatic carbocycles. The number of aromatic amines is 2. The molecule has 5 nitrogen and oxygen atoms in total. The zero-order valence-electron chi connectivity index (χ0n) is 12.6. The molecule has 118 valence electrons. The van der Waals surface area contributed by atoms with Crippen LogP contribution in [-0.4, -0.2) is 20.2 Å². The predicted octanol–water partition coefficient (Wildman–Crippen LogP) is 3.53. The zero-order chi connectivity index (χ0) is 16.4. The quantitative estimate of drug-likeness (QED) is 0.442. The predicted molar refractivity (Wildman–Crippen MR) is 95.1 cm³/mol. The molecule has 0 saturated carbocycles. The van der Waals surface area contributed by atoms with Crippen LogP contribution in [0.4, 0.5) is 0 Å². The summed E-state index contributed by atoms with van der Waals surface area (Å²) < 4.78 is 0. The molecule has 0 unspecified atom stereocenters. The molecule has 24 heavy (non-hydrogen) atoms. The van der Waals surface area contributed by atoms with Gasteiger partial charge in [-0.2, -0.15) is 5.10 Å². The van der Waals surface area contributed by atoms with Crippen LogP contribution in [0.2, 0.25) is 0 Å². The number of fused-ring (bicyclic) bond motifs is 1. The van der Waals surface area contributed by atoms with Crippen LogP contribution in [0.5, 0.6) is 0 Å². The van der Waals surface area contributed by atoms with Crippen molar-refractivity contribution in [3.63, 3.8) is 0 Å². The lowest BCUT2D eigenvalue weighted by molar-refractivity contribution is 0.951. The molecule has 0 amide bonds. The number of hydrogen-bond acceptors (Lipinski definition) is 4. The van der Waals surface area contributed by atoms with Crippen molar-refractivity contribution in [1.29, 1.82) is 0 Å². The third-order valence-corrected chi connectivity index (χ3v) is 4.93. The van der Waals surface area contributed by atoms with Crippen molar-refractivity contribution in [3.05, 3.63) is 88.3 Å². The minimum Gasteiger partial charge on any atom is -0.301 e. The van der Waals surface area contributed by atoms with E-state index in [1.165, 1.54) is 18.0 Å². The van der Waals surface area contributed by atoms with E-state index in [1.54, 1.807) is 0 Å². The summed E-state index contributed by atoms with van der Waals surface area (Å²) in [6.07, 6.45) is 1.49. The molecule has 0 atom stereocenters. The van der Waals surface area contributed by atoms with Crippen LogP contribution in [0.3, 0.4) is 0 Å². The van der Waals surface area contributed by atoms with E-state index >= 15 is 0 Å². The topological polar surface area (TPSA) is 74.4 Å². The highest BCUT2D eigenvalue weighted by atomic mass is 32.2. The molecule has 0 aliphatic carbocycles. The number of hydrogen-bond donors (Lipinski definition) is 2. The van der Waals surface area contributed by atoms with E-state index in [0.29, 0.717) is 16.2 Å². The second kappa shape index (κ2) is 6.33. The van der Waals surface area contributed by atoms with Crippen LogP contribution < -0.4 is 5.56 Å². The molecule has 0 radical (unpaired) electrons. The fourth-order valence-corrected chi connectivity index (χ4v) is 3.68. The van der Waals surface area contributed by atoms with Gasteiger partial charge in [0.1, 0.15) is 5.39 Å². The van der Waals surface area contributed by atoms with Gasteiger partial charge in [-0.05, 0) is 11.1 Å². The molecule has 4 aromatic rings. The Hall–Kier alpha value is -2.86. The maximum Gasteiger partial charge on any atom is 0.262 e. The van der Waals surface area contributed by atoms with E-state index in [-0.39, 0.29) is 10.8 Å². The van der Waals surface area contributed by atoms with Gasteiger partial charge in [-0.1, -0.05) is 72.4 Å². The summed E-state index contributed by atoms with van der Waals surface area (Å²) in [5, 5.41) is 7.71. The Labute approximate surface area is 142 Å². The Bertz CT molecular complexity index is 972. The van der Waals surface area contributed by atoms with E-state index in [4.69, 9.17) is 0 Å². The first-order valence-corrected chi connectivity index (χ1v) is 8.39. The van der Waals surface area contributed by atoms with Crippen molar-refractivity contribution in [2.75, 3.05) is 0 Å². The molecule has 0 saturated heterocycles. The van der Waals surface area contributed by atoms with Gasteiger partial charge < -0.3 is 4.98 Å². The van der Waals surface area contributed by atoms with E-state index in [0.717, 1.165) is 11.1 Å². The summed E-state index contributed by atoms with van der Waals surface area (Å²) in [7, 11) is 0. The molecule has 2 heterocycles. The molecular weight excluding hydrogens is 320 g/mol. The minimum atomic E-state index is -0.184. The van der Waals surface area contributed by atoms with Gasteiger partial charge in [0.2, 0.25) is 0 Å². The van der Waals surface area contributed by atoms with Gasteiger partial charge >= 0.3 is 0 Å². The van der Waals surface area contributed by atoms with Gasteiger partial charge in [0.15, 0.2) is 10.8 Å². The highest BCUT2D eigenvalue weighted by molar-refractivity contribution is 7.99. The van der Waals surface area contributed by atoms with E-state index in [9.17, 15) is 4.79 Å². The Morgan fingerprint density at radius 2 is 1.54 bits per heavy atom. The van der Waals surface area contributed by atoms with E-state index in [1.807, 2.05) is 36.4 Å². The zero-order valence-corrected chi connectivity index (χ0v) is 13.5. The number of aromatic nitrogens is 4. The highest BCUT2D eigenvalue weighted by Crippen LogP contribution is 2.38. The maximum atomic E-state index is 12.1. The van der Waals surface area contributed by atoms with Crippen molar-refractivity contribution >= 4 is 22.8 Å². The second-order valence-corrected chi connectivity index (χ2v) is 6.42. The lowest BCUT2D eigenvalue weighted by Crippen LogP contribution is -2.09. The summed E-state index contributed by atoms with van der Waals surface area (Å²) in [6, 6.07) is 20.4. The molecule has 4 rings (SSSR count). The fraction of sp³-hybridized carbons (Fsp3) is 0.0556. The van der Waals surface area contributed by atoms with Crippen LogP contribution in [0.1, 0.15) is 16.4 Å². The van der Waals surface area contributed by atoms with Gasteiger partial charge in [0.05, 0.1) is 11.4 Å². The number of rotatable bonds is 4. The summed E-state index contributed by atoms with van der Waals surface area (Å²) in [4.78, 5) is 19.5. The number of H-pyrrole nitrogens is 2. The lowest BCUT2D eigenvalue weighted by atomic mass is 10.0. The Balaban J connectivity index is 1.77. The van der Waals surface area contributed by atoms with Crippen molar-refractivity contribution in [1.82, 2.24) is 20.2 Å². The SMILES string of the molecule is O=c1[nH]c(SC(c2ccccc2)c2ccccc2)nc2[nH]ncc12. The molecule has 0 bridgehead atoms. The summed E-state index contributed by atoms with van der Waals surface area (Å²) in [6.45, 7) is 0. The van der Waals surface area contributed by atoms with Crippen LogP contribution in [0.15, 0.2) is 76.8 Å². The number of nitrogens with zero attached hydrogens (tertiary/aromatic N) is 2. The highest BCUT2D eigenvalue weighted by Gasteiger charge is 2.17. The first kappa shape index (κ1) is 14.7. The Morgan fingerprint density at radius 1 is 0.917 bits per heavy atom. The molecular formula is C18H14N4OS.